The third-order valence-corrected chi connectivity index (χ3v) is 6.33. The lowest BCUT2D eigenvalue weighted by Gasteiger charge is -2.55. The first kappa shape index (κ1) is 31.3. The van der Waals surface area contributed by atoms with Gasteiger partial charge in [0.05, 0.1) is 12.1 Å². The zero-order valence-corrected chi connectivity index (χ0v) is 22.9. The first-order valence-electron chi connectivity index (χ1n) is 12.2. The van der Waals surface area contributed by atoms with Crippen molar-refractivity contribution < 1.29 is 34.4 Å². The maximum Gasteiger partial charge on any atom is 0.188 e. The van der Waals surface area contributed by atoms with Crippen LogP contribution in [0.25, 0.3) is 0 Å². The second-order valence-corrected chi connectivity index (χ2v) is 12.7. The molecule has 4 N–H and O–H groups in total. The highest BCUT2D eigenvalue weighted by Crippen LogP contribution is 2.47. The fourth-order valence-electron chi connectivity index (χ4n) is 4.44. The third kappa shape index (κ3) is 6.17. The minimum atomic E-state index is -2.94. The number of ketones is 3. The largest absolute Gasteiger partial charge is 0.382 e. The standard InChI is InChI=1S/C26H44N2O7/c1-11-12-15(14-27)28-16-13-25(33,20(31)23(5,6)7)26(34,21(32)24(8,9)10)19(35-16)17(29)18(30)22(2,3)4/h15-17,19,28-29,33-34H,11-13H2,1-10H3/t15?,16?,17?,19-,25+,26+/m1/s1. The van der Waals surface area contributed by atoms with E-state index in [0.717, 1.165) is 0 Å². The highest BCUT2D eigenvalue weighted by Gasteiger charge is 2.71. The van der Waals surface area contributed by atoms with Gasteiger partial charge in [-0.05, 0) is 6.42 Å². The number of Topliss-reactive ketones (excluding diaryl/α,β-unsaturated/α-hetero) is 3. The molecule has 200 valence electrons. The van der Waals surface area contributed by atoms with Crippen molar-refractivity contribution in [2.75, 3.05) is 0 Å². The maximum absolute atomic E-state index is 13.7. The minimum Gasteiger partial charge on any atom is -0.382 e. The zero-order chi connectivity index (χ0) is 27.8. The van der Waals surface area contributed by atoms with Gasteiger partial charge < -0.3 is 20.1 Å². The number of carbonyl (C=O) groups excluding carboxylic acids is 3. The van der Waals surface area contributed by atoms with Gasteiger partial charge in [0, 0.05) is 22.7 Å². The molecule has 0 bridgehead atoms. The van der Waals surface area contributed by atoms with Gasteiger partial charge in [-0.3, -0.25) is 19.7 Å². The van der Waals surface area contributed by atoms with Crippen molar-refractivity contribution in [3.8, 4) is 6.07 Å². The molecular formula is C26H44N2O7. The average molecular weight is 497 g/mol. The number of hydrogen-bond donors (Lipinski definition) is 4. The Morgan fingerprint density at radius 2 is 1.49 bits per heavy atom. The molecule has 9 heteroatoms. The van der Waals surface area contributed by atoms with Crippen LogP contribution in [0.5, 0.6) is 0 Å². The third-order valence-electron chi connectivity index (χ3n) is 6.33. The summed E-state index contributed by atoms with van der Waals surface area (Å²) in [5.74, 6) is -2.52. The van der Waals surface area contributed by atoms with Crippen LogP contribution in [0, 0.1) is 27.6 Å². The highest BCUT2D eigenvalue weighted by molar-refractivity contribution is 6.04. The molecule has 9 nitrogen and oxygen atoms in total. The lowest BCUT2D eigenvalue weighted by atomic mass is 9.59. The number of aliphatic hydroxyl groups excluding tert-OH is 1. The Hall–Kier alpha value is -1.70. The Morgan fingerprint density at radius 1 is 1.00 bits per heavy atom. The highest BCUT2D eigenvalue weighted by atomic mass is 16.5. The quantitative estimate of drug-likeness (QED) is 0.395. The SMILES string of the molecule is CCCC(C#N)NC1C[C@](O)(C(=O)C(C)(C)C)[C@@](O)(C(=O)C(C)(C)C)[C@@H](C(O)C(=O)C(C)(C)C)O1. The van der Waals surface area contributed by atoms with Gasteiger partial charge in [0.2, 0.25) is 0 Å². The van der Waals surface area contributed by atoms with Crippen molar-refractivity contribution in [2.45, 2.75) is 124 Å². The van der Waals surface area contributed by atoms with Gasteiger partial charge in [-0.2, -0.15) is 5.26 Å². The number of rotatable bonds is 8. The predicted molar refractivity (Wildman–Crippen MR) is 130 cm³/mol. The summed E-state index contributed by atoms with van der Waals surface area (Å²) in [4.78, 5) is 40.5. The summed E-state index contributed by atoms with van der Waals surface area (Å²) in [5.41, 5.74) is -9.23. The van der Waals surface area contributed by atoms with Crippen molar-refractivity contribution >= 4 is 17.3 Å². The summed E-state index contributed by atoms with van der Waals surface area (Å²) in [7, 11) is 0. The molecule has 6 atom stereocenters. The molecule has 0 spiro atoms. The molecule has 1 saturated heterocycles. The predicted octanol–water partition coefficient (Wildman–Crippen LogP) is 2.05. The van der Waals surface area contributed by atoms with Crippen LogP contribution < -0.4 is 5.32 Å². The number of aliphatic hydroxyl groups is 3. The molecule has 0 aromatic carbocycles. The molecule has 1 aliphatic rings. The molecule has 1 heterocycles. The van der Waals surface area contributed by atoms with Gasteiger partial charge in [0.1, 0.15) is 18.4 Å². The lowest BCUT2D eigenvalue weighted by Crippen LogP contribution is -2.79. The monoisotopic (exact) mass is 496 g/mol. The van der Waals surface area contributed by atoms with Gasteiger partial charge in [0.25, 0.3) is 0 Å². The van der Waals surface area contributed by atoms with Crippen LogP contribution >= 0.6 is 0 Å². The molecule has 3 unspecified atom stereocenters. The van der Waals surface area contributed by atoms with Crippen LogP contribution in [0.2, 0.25) is 0 Å². The van der Waals surface area contributed by atoms with E-state index in [9.17, 15) is 35.0 Å². The van der Waals surface area contributed by atoms with E-state index in [1.54, 1.807) is 20.8 Å². The molecule has 0 saturated carbocycles. The number of hydrogen-bond acceptors (Lipinski definition) is 9. The number of nitrogens with one attached hydrogen (secondary N) is 1. The zero-order valence-electron chi connectivity index (χ0n) is 22.9. The van der Waals surface area contributed by atoms with Crippen molar-refractivity contribution in [1.82, 2.24) is 5.32 Å². The molecule has 0 aliphatic carbocycles. The van der Waals surface area contributed by atoms with E-state index in [4.69, 9.17) is 4.74 Å². The van der Waals surface area contributed by atoms with E-state index in [2.05, 4.69) is 11.4 Å². The van der Waals surface area contributed by atoms with Crippen molar-refractivity contribution in [3.63, 3.8) is 0 Å². The van der Waals surface area contributed by atoms with E-state index in [1.165, 1.54) is 41.5 Å². The lowest BCUT2D eigenvalue weighted by molar-refractivity contribution is -0.279. The van der Waals surface area contributed by atoms with E-state index in [0.29, 0.717) is 12.8 Å². The molecule has 1 rings (SSSR count). The molecular weight excluding hydrogens is 452 g/mol. The van der Waals surface area contributed by atoms with Gasteiger partial charge in [-0.1, -0.05) is 75.7 Å². The Labute approximate surface area is 209 Å². The Balaban J connectivity index is 3.89. The summed E-state index contributed by atoms with van der Waals surface area (Å²) < 4.78 is 5.92. The van der Waals surface area contributed by atoms with Crippen LogP contribution in [0.1, 0.15) is 88.5 Å². The summed E-state index contributed by atoms with van der Waals surface area (Å²) in [6.07, 6.45) is -4.68. The molecule has 0 aromatic rings. The fourth-order valence-corrected chi connectivity index (χ4v) is 4.44. The molecule has 0 amide bonds. The first-order chi connectivity index (χ1) is 15.6. The van der Waals surface area contributed by atoms with E-state index < -0.39 is 75.7 Å². The molecule has 0 radical (unpaired) electrons. The molecule has 35 heavy (non-hydrogen) atoms. The molecule has 0 aromatic heterocycles. The normalized spacial score (nSPS) is 29.7. The summed E-state index contributed by atoms with van der Waals surface area (Å²) >= 11 is 0. The summed E-state index contributed by atoms with van der Waals surface area (Å²) in [6.45, 7) is 15.7. The van der Waals surface area contributed by atoms with Gasteiger partial charge >= 0.3 is 0 Å². The number of ether oxygens (including phenoxy) is 1. The Bertz CT molecular complexity index is 859. The van der Waals surface area contributed by atoms with E-state index in [1.807, 2.05) is 6.92 Å². The maximum atomic E-state index is 13.7. The summed E-state index contributed by atoms with van der Waals surface area (Å²) in [5, 5.41) is 47.6. The molecule has 1 aliphatic heterocycles. The first-order valence-corrected chi connectivity index (χ1v) is 12.2. The van der Waals surface area contributed by atoms with Crippen molar-refractivity contribution in [3.05, 3.63) is 0 Å². The van der Waals surface area contributed by atoms with Gasteiger partial charge in [-0.15, -0.1) is 0 Å². The second kappa shape index (κ2) is 10.3. The van der Waals surface area contributed by atoms with Gasteiger partial charge in [-0.25, -0.2) is 0 Å². The van der Waals surface area contributed by atoms with Crippen molar-refractivity contribution in [2.24, 2.45) is 16.2 Å². The molecule has 1 fully saturated rings. The van der Waals surface area contributed by atoms with Gasteiger partial charge in [0.15, 0.2) is 28.6 Å². The van der Waals surface area contributed by atoms with Crippen molar-refractivity contribution in [1.29, 1.82) is 5.26 Å². The minimum absolute atomic E-state index is 0.432. The Kier molecular flexibility index (Phi) is 9.26. The van der Waals surface area contributed by atoms with Crippen LogP contribution in [-0.2, 0) is 19.1 Å². The summed E-state index contributed by atoms with van der Waals surface area (Å²) in [6, 6.07) is 1.36. The topological polar surface area (TPSA) is 157 Å². The number of nitriles is 1. The average Bonchev–Trinajstić information content (AvgIpc) is 2.71. The van der Waals surface area contributed by atoms with E-state index >= 15 is 0 Å². The van der Waals surface area contributed by atoms with Crippen LogP contribution in [0.15, 0.2) is 0 Å². The second-order valence-electron chi connectivity index (χ2n) is 12.7. The smallest absolute Gasteiger partial charge is 0.188 e. The van der Waals surface area contributed by atoms with Crippen LogP contribution in [0.4, 0.5) is 0 Å². The number of carbonyl (C=O) groups is 3. The number of nitrogens with zero attached hydrogens (tertiary/aromatic N) is 1. The fraction of sp³-hybridized carbons (Fsp3) is 0.846. The van der Waals surface area contributed by atoms with Crippen LogP contribution in [-0.4, -0.2) is 68.3 Å². The van der Waals surface area contributed by atoms with Crippen LogP contribution in [0.3, 0.4) is 0 Å². The van der Waals surface area contributed by atoms with E-state index in [-0.39, 0.29) is 0 Å². The Morgan fingerprint density at radius 3 is 1.86 bits per heavy atom.